The maximum atomic E-state index is 13.1. The molecule has 1 aliphatic rings. The Morgan fingerprint density at radius 1 is 1.21 bits per heavy atom. The molecule has 0 saturated heterocycles. The molecule has 28 heavy (non-hydrogen) atoms. The van der Waals surface area contributed by atoms with Crippen LogP contribution in [0.4, 0.5) is 4.39 Å². The molecule has 0 saturated carbocycles. The molecular formula is C21H19FN2O2S2. The van der Waals surface area contributed by atoms with Crippen molar-refractivity contribution in [3.63, 3.8) is 0 Å². The first-order valence-corrected chi connectivity index (χ1v) is 10.7. The van der Waals surface area contributed by atoms with Crippen molar-refractivity contribution in [1.29, 1.82) is 0 Å². The Morgan fingerprint density at radius 3 is 2.86 bits per heavy atom. The number of fused-ring (bicyclic) bond motifs is 1. The lowest BCUT2D eigenvalue weighted by Crippen LogP contribution is -2.37. The maximum absolute atomic E-state index is 13.1. The van der Waals surface area contributed by atoms with Crippen LogP contribution < -0.4 is 0 Å². The summed E-state index contributed by atoms with van der Waals surface area (Å²) in [5.41, 5.74) is 2.90. The van der Waals surface area contributed by atoms with Crippen LogP contribution in [-0.4, -0.2) is 29.7 Å². The van der Waals surface area contributed by atoms with E-state index in [4.69, 9.17) is 4.84 Å². The van der Waals surface area contributed by atoms with Crippen LogP contribution in [0.2, 0.25) is 0 Å². The van der Waals surface area contributed by atoms with Gasteiger partial charge < -0.3 is 9.74 Å². The number of benzene rings is 1. The lowest BCUT2D eigenvalue weighted by atomic mass is 10.1. The molecule has 0 aliphatic carbocycles. The third kappa shape index (κ3) is 4.15. The van der Waals surface area contributed by atoms with Crippen LogP contribution in [0.5, 0.6) is 0 Å². The molecule has 3 aromatic rings. The van der Waals surface area contributed by atoms with Gasteiger partial charge in [-0.2, -0.15) is 0 Å². The molecule has 0 spiro atoms. The Hall–Kier alpha value is -2.51. The zero-order valence-electron chi connectivity index (χ0n) is 15.4. The number of rotatable bonds is 5. The van der Waals surface area contributed by atoms with Gasteiger partial charge in [0.15, 0.2) is 6.61 Å². The number of hydrogen-bond acceptors (Lipinski definition) is 5. The fourth-order valence-corrected chi connectivity index (χ4v) is 4.92. The van der Waals surface area contributed by atoms with E-state index in [1.165, 1.54) is 22.6 Å². The normalized spacial score (nSPS) is 14.1. The van der Waals surface area contributed by atoms with Gasteiger partial charge in [0, 0.05) is 22.8 Å². The fourth-order valence-electron chi connectivity index (χ4n) is 3.08. The van der Waals surface area contributed by atoms with E-state index in [9.17, 15) is 9.18 Å². The van der Waals surface area contributed by atoms with E-state index in [-0.39, 0.29) is 18.3 Å². The Bertz CT molecular complexity index is 1010. The summed E-state index contributed by atoms with van der Waals surface area (Å²) in [6.45, 7) is 3.16. The van der Waals surface area contributed by atoms with Crippen LogP contribution in [0.3, 0.4) is 0 Å². The minimum absolute atomic E-state index is 0.0495. The first kappa shape index (κ1) is 18.8. The zero-order chi connectivity index (χ0) is 19.5. The molecule has 4 nitrogen and oxygen atoms in total. The highest BCUT2D eigenvalue weighted by molar-refractivity contribution is 7.17. The molecule has 4 rings (SSSR count). The number of amides is 1. The van der Waals surface area contributed by atoms with Crippen molar-refractivity contribution < 1.29 is 14.0 Å². The Balaban J connectivity index is 1.34. The number of carbonyl (C=O) groups excluding carboxylic acids is 1. The van der Waals surface area contributed by atoms with E-state index < -0.39 is 0 Å². The van der Waals surface area contributed by atoms with Crippen LogP contribution in [-0.2, 0) is 22.6 Å². The lowest BCUT2D eigenvalue weighted by Gasteiger charge is -2.26. The third-order valence-electron chi connectivity index (χ3n) is 4.64. The van der Waals surface area contributed by atoms with Crippen molar-refractivity contribution in [2.75, 3.05) is 13.2 Å². The average molecular weight is 415 g/mol. The first-order valence-electron chi connectivity index (χ1n) is 8.96. The molecule has 0 radical (unpaired) electrons. The maximum Gasteiger partial charge on any atom is 0.263 e. The summed E-state index contributed by atoms with van der Waals surface area (Å²) in [4.78, 5) is 22.9. The number of carbonyl (C=O) groups is 1. The lowest BCUT2D eigenvalue weighted by molar-refractivity contribution is -0.137. The van der Waals surface area contributed by atoms with Gasteiger partial charge in [-0.05, 0) is 60.2 Å². The molecule has 1 aliphatic heterocycles. The number of nitrogens with zero attached hydrogens (tertiary/aromatic N) is 2. The Labute approximate surface area is 170 Å². The minimum Gasteiger partial charge on any atom is -0.385 e. The summed E-state index contributed by atoms with van der Waals surface area (Å²) in [6, 6.07) is 12.4. The molecule has 3 heterocycles. The number of oxime groups is 1. The van der Waals surface area contributed by atoms with Crippen LogP contribution >= 0.6 is 22.7 Å². The Morgan fingerprint density at radius 2 is 2.04 bits per heavy atom. The third-order valence-corrected chi connectivity index (χ3v) is 6.91. The topological polar surface area (TPSA) is 41.9 Å². The predicted molar refractivity (Wildman–Crippen MR) is 111 cm³/mol. The van der Waals surface area contributed by atoms with E-state index in [0.717, 1.165) is 28.3 Å². The second-order valence-corrected chi connectivity index (χ2v) is 8.64. The standard InChI is InChI=1S/C21H19FN2O2S2/c1-14(18-6-7-20(28-18)15-2-4-17(22)5-3-15)23-26-13-21(25)24-10-8-19-16(12-24)9-11-27-19/h2-7,9,11H,8,10,12-13H2,1H3/b23-14+. The molecule has 1 aromatic carbocycles. The van der Waals surface area contributed by atoms with Crippen molar-refractivity contribution in [3.8, 4) is 10.4 Å². The SMILES string of the molecule is C/C(=N\OCC(=O)N1CCc2sccc2C1)c1ccc(-c2ccc(F)cc2)s1. The number of hydrogen-bond donors (Lipinski definition) is 0. The van der Waals surface area contributed by atoms with Gasteiger partial charge in [-0.3, -0.25) is 4.79 Å². The smallest absolute Gasteiger partial charge is 0.263 e. The second-order valence-electron chi connectivity index (χ2n) is 6.56. The van der Waals surface area contributed by atoms with Crippen LogP contribution in [0.1, 0.15) is 22.2 Å². The highest BCUT2D eigenvalue weighted by atomic mass is 32.1. The van der Waals surface area contributed by atoms with Gasteiger partial charge in [0.25, 0.3) is 5.91 Å². The van der Waals surface area contributed by atoms with Crippen LogP contribution in [0.25, 0.3) is 10.4 Å². The van der Waals surface area contributed by atoms with Gasteiger partial charge in [0.1, 0.15) is 5.82 Å². The summed E-state index contributed by atoms with van der Waals surface area (Å²) in [7, 11) is 0. The molecule has 0 bridgehead atoms. The van der Waals surface area contributed by atoms with Crippen molar-refractivity contribution in [2.45, 2.75) is 19.9 Å². The second kappa shape index (κ2) is 8.24. The molecule has 144 valence electrons. The monoisotopic (exact) mass is 414 g/mol. The number of halogens is 1. The molecule has 7 heteroatoms. The fraction of sp³-hybridized carbons (Fsp3) is 0.238. The molecule has 0 unspecified atom stereocenters. The Kier molecular flexibility index (Phi) is 5.54. The summed E-state index contributed by atoms with van der Waals surface area (Å²) in [5, 5.41) is 6.18. The highest BCUT2D eigenvalue weighted by Crippen LogP contribution is 2.29. The van der Waals surface area contributed by atoms with Gasteiger partial charge in [0.05, 0.1) is 10.6 Å². The van der Waals surface area contributed by atoms with Crippen LogP contribution in [0.15, 0.2) is 53.0 Å². The van der Waals surface area contributed by atoms with E-state index in [2.05, 4.69) is 16.6 Å². The largest absolute Gasteiger partial charge is 0.385 e. The van der Waals surface area contributed by atoms with Crippen molar-refractivity contribution in [3.05, 3.63) is 69.0 Å². The molecular weight excluding hydrogens is 395 g/mol. The van der Waals surface area contributed by atoms with E-state index >= 15 is 0 Å². The summed E-state index contributed by atoms with van der Waals surface area (Å²) >= 11 is 3.30. The van der Waals surface area contributed by atoms with E-state index in [0.29, 0.717) is 12.3 Å². The van der Waals surface area contributed by atoms with Crippen LogP contribution in [0, 0.1) is 5.82 Å². The molecule has 0 fully saturated rings. The predicted octanol–water partition coefficient (Wildman–Crippen LogP) is 4.94. The minimum atomic E-state index is -0.250. The molecule has 0 atom stereocenters. The van der Waals surface area contributed by atoms with Gasteiger partial charge in [-0.25, -0.2) is 4.39 Å². The average Bonchev–Trinajstić information content (AvgIpc) is 3.37. The van der Waals surface area contributed by atoms with Gasteiger partial charge >= 0.3 is 0 Å². The summed E-state index contributed by atoms with van der Waals surface area (Å²) in [6.07, 6.45) is 0.905. The van der Waals surface area contributed by atoms with Gasteiger partial charge in [-0.1, -0.05) is 17.3 Å². The van der Waals surface area contributed by atoms with Crippen molar-refractivity contribution in [1.82, 2.24) is 4.90 Å². The van der Waals surface area contributed by atoms with E-state index in [1.807, 2.05) is 24.0 Å². The first-order chi connectivity index (χ1) is 13.6. The number of thiophene rings is 2. The molecule has 0 N–H and O–H groups in total. The van der Waals surface area contributed by atoms with Crippen molar-refractivity contribution in [2.24, 2.45) is 5.16 Å². The molecule has 1 amide bonds. The van der Waals surface area contributed by atoms with Crippen molar-refractivity contribution >= 4 is 34.3 Å². The van der Waals surface area contributed by atoms with Gasteiger partial charge in [-0.15, -0.1) is 22.7 Å². The van der Waals surface area contributed by atoms with E-state index in [1.54, 1.807) is 34.8 Å². The summed E-state index contributed by atoms with van der Waals surface area (Å²) in [5.74, 6) is -0.299. The highest BCUT2D eigenvalue weighted by Gasteiger charge is 2.21. The summed E-state index contributed by atoms with van der Waals surface area (Å²) < 4.78 is 13.1. The zero-order valence-corrected chi connectivity index (χ0v) is 17.0. The quantitative estimate of drug-likeness (QED) is 0.438. The van der Waals surface area contributed by atoms with Gasteiger partial charge in [0.2, 0.25) is 0 Å². The molecule has 2 aromatic heterocycles.